The normalized spacial score (nSPS) is 10.1. The van der Waals surface area contributed by atoms with Gasteiger partial charge in [0.25, 0.3) is 0 Å². The van der Waals surface area contributed by atoms with Gasteiger partial charge in [0.2, 0.25) is 5.91 Å². The summed E-state index contributed by atoms with van der Waals surface area (Å²) in [5.74, 6) is 0.397. The van der Waals surface area contributed by atoms with Gasteiger partial charge < -0.3 is 15.4 Å². The van der Waals surface area contributed by atoms with Gasteiger partial charge in [-0.25, -0.2) is 0 Å². The molecule has 2 N–H and O–H groups in total. The van der Waals surface area contributed by atoms with E-state index in [4.69, 9.17) is 21.6 Å². The van der Waals surface area contributed by atoms with Crippen LogP contribution in [0.3, 0.4) is 0 Å². The molecule has 0 unspecified atom stereocenters. The van der Waals surface area contributed by atoms with Crippen molar-refractivity contribution in [2.45, 2.75) is 20.0 Å². The van der Waals surface area contributed by atoms with Crippen molar-refractivity contribution in [1.82, 2.24) is 0 Å². The Balaban J connectivity index is 2.02. The summed E-state index contributed by atoms with van der Waals surface area (Å²) in [6.45, 7) is 3.91. The van der Waals surface area contributed by atoms with Crippen molar-refractivity contribution >= 4 is 28.9 Å². The van der Waals surface area contributed by atoms with E-state index in [0.717, 1.165) is 5.69 Å². The number of carbonyl (C=O) groups excluding carboxylic acids is 1. The lowest BCUT2D eigenvalue weighted by Crippen LogP contribution is -2.22. The molecule has 124 valence electrons. The summed E-state index contributed by atoms with van der Waals surface area (Å²) >= 11 is 5.91. The molecule has 5 nitrogen and oxygen atoms in total. The second-order valence-corrected chi connectivity index (χ2v) is 5.80. The molecular weight excluding hydrogens is 326 g/mol. The van der Waals surface area contributed by atoms with E-state index in [9.17, 15) is 4.79 Å². The number of anilines is 2. The predicted octanol–water partition coefficient (Wildman–Crippen LogP) is 4.05. The molecule has 2 rings (SSSR count). The van der Waals surface area contributed by atoms with Gasteiger partial charge in [-0.05, 0) is 44.2 Å². The van der Waals surface area contributed by atoms with Crippen LogP contribution < -0.4 is 15.4 Å². The monoisotopic (exact) mass is 343 g/mol. The van der Waals surface area contributed by atoms with Gasteiger partial charge in [0.15, 0.2) is 0 Å². The SMILES string of the molecule is CC(C)Oc1ccccc1NCC(=O)Nc1cc(Cl)ccc1C#N. The summed E-state index contributed by atoms with van der Waals surface area (Å²) in [6.07, 6.45) is 0.0337. The minimum absolute atomic E-state index is 0.0337. The third kappa shape index (κ3) is 4.90. The zero-order valence-corrected chi connectivity index (χ0v) is 14.2. The average molecular weight is 344 g/mol. The first-order valence-electron chi connectivity index (χ1n) is 7.48. The summed E-state index contributed by atoms with van der Waals surface area (Å²) in [5, 5.41) is 15.2. The molecule has 0 fully saturated rings. The first-order chi connectivity index (χ1) is 11.5. The van der Waals surface area contributed by atoms with E-state index >= 15 is 0 Å². The molecule has 0 atom stereocenters. The molecule has 2 aromatic rings. The third-order valence-electron chi connectivity index (χ3n) is 3.07. The Morgan fingerprint density at radius 2 is 2.00 bits per heavy atom. The lowest BCUT2D eigenvalue weighted by Gasteiger charge is -2.15. The fraction of sp³-hybridized carbons (Fsp3) is 0.222. The number of carbonyl (C=O) groups is 1. The summed E-state index contributed by atoms with van der Waals surface area (Å²) in [6, 6.07) is 14.1. The first kappa shape index (κ1) is 17.6. The Bertz CT molecular complexity index is 769. The van der Waals surface area contributed by atoms with Crippen LogP contribution in [0, 0.1) is 11.3 Å². The Hall–Kier alpha value is -2.71. The molecule has 0 spiro atoms. The fourth-order valence-corrected chi connectivity index (χ4v) is 2.23. The van der Waals surface area contributed by atoms with Crippen LogP contribution in [-0.2, 0) is 4.79 Å². The molecule has 0 aliphatic rings. The Kier molecular flexibility index (Phi) is 6.05. The molecule has 0 heterocycles. The predicted molar refractivity (Wildman–Crippen MR) is 95.5 cm³/mol. The fourth-order valence-electron chi connectivity index (χ4n) is 2.06. The molecular formula is C18H18ClN3O2. The quantitative estimate of drug-likeness (QED) is 0.829. The number of rotatable bonds is 6. The second-order valence-electron chi connectivity index (χ2n) is 5.37. The summed E-state index contributed by atoms with van der Waals surface area (Å²) < 4.78 is 5.69. The first-order valence-corrected chi connectivity index (χ1v) is 7.86. The van der Waals surface area contributed by atoms with E-state index < -0.39 is 0 Å². The molecule has 1 amide bonds. The smallest absolute Gasteiger partial charge is 0.243 e. The van der Waals surface area contributed by atoms with Crippen LogP contribution in [-0.4, -0.2) is 18.6 Å². The maximum atomic E-state index is 12.1. The number of amides is 1. The highest BCUT2D eigenvalue weighted by Gasteiger charge is 2.10. The van der Waals surface area contributed by atoms with Gasteiger partial charge in [0, 0.05) is 5.02 Å². The number of hydrogen-bond acceptors (Lipinski definition) is 4. The lowest BCUT2D eigenvalue weighted by molar-refractivity contribution is -0.114. The number of halogens is 1. The van der Waals surface area contributed by atoms with Crippen LogP contribution in [0.15, 0.2) is 42.5 Å². The summed E-state index contributed by atoms with van der Waals surface area (Å²) in [7, 11) is 0. The zero-order chi connectivity index (χ0) is 17.5. The topological polar surface area (TPSA) is 74.2 Å². The van der Waals surface area contributed by atoms with Crippen molar-refractivity contribution < 1.29 is 9.53 Å². The van der Waals surface area contributed by atoms with Crippen LogP contribution in [0.25, 0.3) is 0 Å². The van der Waals surface area contributed by atoms with E-state index in [1.165, 1.54) is 0 Å². The van der Waals surface area contributed by atoms with E-state index in [0.29, 0.717) is 22.0 Å². The highest BCUT2D eigenvalue weighted by molar-refractivity contribution is 6.31. The largest absolute Gasteiger partial charge is 0.489 e. The molecule has 0 radical (unpaired) electrons. The highest BCUT2D eigenvalue weighted by atomic mass is 35.5. The van der Waals surface area contributed by atoms with Crippen LogP contribution in [0.2, 0.25) is 5.02 Å². The molecule has 6 heteroatoms. The van der Waals surface area contributed by atoms with E-state index in [2.05, 4.69) is 10.6 Å². The van der Waals surface area contributed by atoms with Crippen LogP contribution in [0.4, 0.5) is 11.4 Å². The van der Waals surface area contributed by atoms with Crippen molar-refractivity contribution in [2.75, 3.05) is 17.2 Å². The molecule has 0 bridgehead atoms. The van der Waals surface area contributed by atoms with Gasteiger partial charge in [-0.1, -0.05) is 23.7 Å². The van der Waals surface area contributed by atoms with E-state index in [1.54, 1.807) is 18.2 Å². The van der Waals surface area contributed by atoms with Crippen molar-refractivity contribution in [3.8, 4) is 11.8 Å². The Morgan fingerprint density at radius 3 is 2.71 bits per heavy atom. The highest BCUT2D eigenvalue weighted by Crippen LogP contribution is 2.25. The molecule has 0 aliphatic carbocycles. The number of hydrogen-bond donors (Lipinski definition) is 2. The Morgan fingerprint density at radius 1 is 1.25 bits per heavy atom. The number of benzene rings is 2. The van der Waals surface area contributed by atoms with Gasteiger partial charge in [-0.3, -0.25) is 4.79 Å². The molecule has 0 saturated carbocycles. The number of nitriles is 1. The number of nitrogens with zero attached hydrogens (tertiary/aromatic N) is 1. The van der Waals surface area contributed by atoms with Gasteiger partial charge in [-0.15, -0.1) is 0 Å². The molecule has 0 saturated heterocycles. The number of nitrogens with one attached hydrogen (secondary N) is 2. The molecule has 2 aromatic carbocycles. The van der Waals surface area contributed by atoms with Crippen molar-refractivity contribution in [3.63, 3.8) is 0 Å². The summed E-state index contributed by atoms with van der Waals surface area (Å²) in [5.41, 5.74) is 1.48. The van der Waals surface area contributed by atoms with Crippen molar-refractivity contribution in [1.29, 1.82) is 5.26 Å². The van der Waals surface area contributed by atoms with Crippen molar-refractivity contribution in [2.24, 2.45) is 0 Å². The maximum Gasteiger partial charge on any atom is 0.243 e. The van der Waals surface area contributed by atoms with Crippen LogP contribution in [0.5, 0.6) is 5.75 Å². The van der Waals surface area contributed by atoms with Gasteiger partial charge in [0.1, 0.15) is 11.8 Å². The van der Waals surface area contributed by atoms with E-state index in [-0.39, 0.29) is 18.6 Å². The molecule has 0 aliphatic heterocycles. The maximum absolute atomic E-state index is 12.1. The zero-order valence-electron chi connectivity index (χ0n) is 13.5. The number of para-hydroxylation sites is 2. The van der Waals surface area contributed by atoms with Crippen LogP contribution in [0.1, 0.15) is 19.4 Å². The lowest BCUT2D eigenvalue weighted by atomic mass is 10.2. The minimum Gasteiger partial charge on any atom is -0.489 e. The Labute approximate surface area is 146 Å². The van der Waals surface area contributed by atoms with Gasteiger partial charge >= 0.3 is 0 Å². The van der Waals surface area contributed by atoms with Gasteiger partial charge in [-0.2, -0.15) is 5.26 Å². The number of ether oxygens (including phenoxy) is 1. The molecule has 0 aromatic heterocycles. The summed E-state index contributed by atoms with van der Waals surface area (Å²) in [4.78, 5) is 12.1. The molecule has 24 heavy (non-hydrogen) atoms. The second kappa shape index (κ2) is 8.23. The third-order valence-corrected chi connectivity index (χ3v) is 3.30. The van der Waals surface area contributed by atoms with E-state index in [1.807, 2.05) is 44.2 Å². The van der Waals surface area contributed by atoms with Crippen molar-refractivity contribution in [3.05, 3.63) is 53.1 Å². The van der Waals surface area contributed by atoms with Crippen LogP contribution >= 0.6 is 11.6 Å². The van der Waals surface area contributed by atoms with Gasteiger partial charge in [0.05, 0.1) is 29.6 Å². The standard InChI is InChI=1S/C18H18ClN3O2/c1-12(2)24-17-6-4-3-5-15(17)21-11-18(23)22-16-9-14(19)8-7-13(16)10-20/h3-9,12,21H,11H2,1-2H3,(H,22,23). The average Bonchev–Trinajstić information content (AvgIpc) is 2.54. The minimum atomic E-state index is -0.284.